The van der Waals surface area contributed by atoms with Gasteiger partial charge in [-0.3, -0.25) is 4.79 Å². The van der Waals surface area contributed by atoms with E-state index < -0.39 is 12.6 Å². The fraction of sp³-hybridized carbons (Fsp3) is 0.176. The maximum atomic E-state index is 12.3. The Morgan fingerprint density at radius 1 is 1.00 bits per heavy atom. The molecule has 23 heavy (non-hydrogen) atoms. The molecule has 6 nitrogen and oxygen atoms in total. The van der Waals surface area contributed by atoms with E-state index >= 15 is 0 Å². The molecule has 0 atom stereocenters. The zero-order chi connectivity index (χ0) is 16.7. The Morgan fingerprint density at radius 2 is 1.74 bits per heavy atom. The second-order valence-electron chi connectivity index (χ2n) is 4.60. The van der Waals surface area contributed by atoms with Crippen molar-refractivity contribution >= 4 is 11.8 Å². The van der Waals surface area contributed by atoms with Crippen LogP contribution >= 0.6 is 0 Å². The number of esters is 1. The Bertz CT molecular complexity index is 681. The fourth-order valence-corrected chi connectivity index (χ4v) is 1.90. The van der Waals surface area contributed by atoms with Crippen molar-refractivity contribution in [1.29, 1.82) is 0 Å². The number of carbonyl (C=O) groups is 2. The quantitative estimate of drug-likeness (QED) is 0.457. The third kappa shape index (κ3) is 4.55. The van der Waals surface area contributed by atoms with Gasteiger partial charge in [-0.05, 0) is 12.1 Å². The van der Waals surface area contributed by atoms with Crippen LogP contribution in [-0.2, 0) is 9.53 Å². The molecule has 0 saturated carbocycles. The van der Waals surface area contributed by atoms with Crippen LogP contribution in [0.25, 0.3) is 0 Å². The molecule has 0 bridgehead atoms. The average molecular weight is 316 g/mol. The number of hydrogen-bond acceptors (Lipinski definition) is 6. The van der Waals surface area contributed by atoms with Crippen LogP contribution in [0, 0.1) is 0 Å². The summed E-state index contributed by atoms with van der Waals surface area (Å²) in [5.74, 6) is -0.873. The number of phenols is 1. The van der Waals surface area contributed by atoms with Crippen LogP contribution in [0.5, 0.6) is 11.5 Å². The molecule has 0 fully saturated rings. The number of ether oxygens (including phenoxy) is 2. The average Bonchev–Trinajstić information content (AvgIpc) is 2.58. The van der Waals surface area contributed by atoms with E-state index in [1.165, 1.54) is 12.1 Å². The first kappa shape index (κ1) is 16.5. The smallest absolute Gasteiger partial charge is 0.331 e. The third-order valence-electron chi connectivity index (χ3n) is 2.99. The minimum absolute atomic E-state index is 0.0230. The van der Waals surface area contributed by atoms with E-state index in [4.69, 9.17) is 9.84 Å². The van der Waals surface area contributed by atoms with Gasteiger partial charge in [-0.2, -0.15) is 0 Å². The maximum absolute atomic E-state index is 12.3. The summed E-state index contributed by atoms with van der Waals surface area (Å²) in [4.78, 5) is 23.0. The molecule has 0 aliphatic carbocycles. The van der Waals surface area contributed by atoms with Gasteiger partial charge >= 0.3 is 5.97 Å². The summed E-state index contributed by atoms with van der Waals surface area (Å²) in [5, 5.41) is 18.5. The monoisotopic (exact) mass is 316 g/mol. The molecule has 0 amide bonds. The summed E-state index contributed by atoms with van der Waals surface area (Å²) in [7, 11) is 0. The summed E-state index contributed by atoms with van der Waals surface area (Å²) in [6.07, 6.45) is 0. The lowest BCUT2D eigenvalue weighted by molar-refractivity contribution is -0.147. The third-order valence-corrected chi connectivity index (χ3v) is 2.99. The number of rotatable bonds is 7. The van der Waals surface area contributed by atoms with Crippen LogP contribution in [0.2, 0.25) is 0 Å². The molecule has 6 heteroatoms. The lowest BCUT2D eigenvalue weighted by atomic mass is 10.0. The Labute approximate surface area is 132 Å². The van der Waals surface area contributed by atoms with Crippen LogP contribution in [0.4, 0.5) is 0 Å². The topological polar surface area (TPSA) is 93.1 Å². The molecule has 120 valence electrons. The van der Waals surface area contributed by atoms with Crippen LogP contribution in [0.1, 0.15) is 15.9 Å². The van der Waals surface area contributed by atoms with Crippen molar-refractivity contribution in [1.82, 2.24) is 0 Å². The summed E-state index contributed by atoms with van der Waals surface area (Å²) in [6, 6.07) is 13.0. The molecule has 0 unspecified atom stereocenters. The lowest BCUT2D eigenvalue weighted by Crippen LogP contribution is -2.14. The number of ketones is 1. The number of aromatic hydroxyl groups is 1. The van der Waals surface area contributed by atoms with Crippen LogP contribution in [0.3, 0.4) is 0 Å². The van der Waals surface area contributed by atoms with Gasteiger partial charge in [0.15, 0.2) is 5.78 Å². The molecule has 2 aromatic rings. The largest absolute Gasteiger partial charge is 0.507 e. The molecule has 2 aromatic carbocycles. The van der Waals surface area contributed by atoms with Gasteiger partial charge < -0.3 is 19.7 Å². The van der Waals surface area contributed by atoms with Gasteiger partial charge in [0.05, 0.1) is 5.56 Å². The molecule has 0 saturated heterocycles. The number of carbonyl (C=O) groups excluding carboxylic acids is 2. The van der Waals surface area contributed by atoms with Gasteiger partial charge in [0.1, 0.15) is 31.3 Å². The van der Waals surface area contributed by atoms with E-state index in [1.54, 1.807) is 36.4 Å². The van der Waals surface area contributed by atoms with E-state index in [9.17, 15) is 14.7 Å². The molecule has 0 spiro atoms. The van der Waals surface area contributed by atoms with E-state index in [-0.39, 0.29) is 30.3 Å². The first-order valence-corrected chi connectivity index (χ1v) is 6.94. The van der Waals surface area contributed by atoms with Crippen molar-refractivity contribution in [2.24, 2.45) is 0 Å². The van der Waals surface area contributed by atoms with Crippen LogP contribution < -0.4 is 4.74 Å². The molecular formula is C17H16O6. The predicted octanol–water partition coefficient (Wildman–Crippen LogP) is 1.54. The highest BCUT2D eigenvalue weighted by Gasteiger charge is 2.14. The van der Waals surface area contributed by atoms with E-state index in [0.717, 1.165) is 0 Å². The maximum Gasteiger partial charge on any atom is 0.331 e. The molecule has 0 aromatic heterocycles. The standard InChI is InChI=1S/C17H16O6/c18-11-16(20)23-9-8-22-13-6-7-14(15(19)10-13)17(21)12-4-2-1-3-5-12/h1-7,10,18-19H,8-9,11H2. The zero-order valence-corrected chi connectivity index (χ0v) is 12.3. The second kappa shape index (κ2) is 7.95. The summed E-state index contributed by atoms with van der Waals surface area (Å²) >= 11 is 0. The van der Waals surface area contributed by atoms with Crippen molar-refractivity contribution < 1.29 is 29.3 Å². The molecule has 0 heterocycles. The fourth-order valence-electron chi connectivity index (χ4n) is 1.90. The predicted molar refractivity (Wildman–Crippen MR) is 81.5 cm³/mol. The van der Waals surface area contributed by atoms with Crippen molar-refractivity contribution in [3.63, 3.8) is 0 Å². The SMILES string of the molecule is O=C(CO)OCCOc1ccc(C(=O)c2ccccc2)c(O)c1. The number of benzene rings is 2. The Hall–Kier alpha value is -2.86. The summed E-state index contributed by atoms with van der Waals surface area (Å²) < 4.78 is 9.92. The van der Waals surface area contributed by atoms with E-state index in [1.807, 2.05) is 0 Å². The minimum Gasteiger partial charge on any atom is -0.507 e. The van der Waals surface area contributed by atoms with Crippen molar-refractivity contribution in [3.05, 3.63) is 59.7 Å². The van der Waals surface area contributed by atoms with Gasteiger partial charge in [0, 0.05) is 11.6 Å². The van der Waals surface area contributed by atoms with Gasteiger partial charge in [0.25, 0.3) is 0 Å². The first-order valence-electron chi connectivity index (χ1n) is 6.94. The molecule has 2 N–H and O–H groups in total. The highest BCUT2D eigenvalue weighted by molar-refractivity contribution is 6.10. The lowest BCUT2D eigenvalue weighted by Gasteiger charge is -2.09. The van der Waals surface area contributed by atoms with Gasteiger partial charge in [-0.15, -0.1) is 0 Å². The van der Waals surface area contributed by atoms with Crippen molar-refractivity contribution in [2.45, 2.75) is 0 Å². The van der Waals surface area contributed by atoms with Gasteiger partial charge in [0.2, 0.25) is 0 Å². The van der Waals surface area contributed by atoms with Gasteiger partial charge in [-0.25, -0.2) is 4.79 Å². The minimum atomic E-state index is -0.736. The molecule has 2 rings (SSSR count). The molecule has 0 aliphatic rings. The second-order valence-corrected chi connectivity index (χ2v) is 4.60. The number of aliphatic hydroxyl groups is 1. The normalized spacial score (nSPS) is 10.1. The highest BCUT2D eigenvalue weighted by Crippen LogP contribution is 2.25. The number of phenolic OH excluding ortho intramolecular Hbond substituents is 1. The van der Waals surface area contributed by atoms with Crippen molar-refractivity contribution in [3.8, 4) is 11.5 Å². The Balaban J connectivity index is 1.98. The summed E-state index contributed by atoms with van der Waals surface area (Å²) in [5.41, 5.74) is 0.655. The number of hydrogen-bond donors (Lipinski definition) is 2. The van der Waals surface area contributed by atoms with Gasteiger partial charge in [-0.1, -0.05) is 30.3 Å². The van der Waals surface area contributed by atoms with E-state index in [2.05, 4.69) is 4.74 Å². The highest BCUT2D eigenvalue weighted by atomic mass is 16.6. The van der Waals surface area contributed by atoms with Crippen LogP contribution in [0.15, 0.2) is 48.5 Å². The molecular weight excluding hydrogens is 300 g/mol. The first-order chi connectivity index (χ1) is 11.1. The van der Waals surface area contributed by atoms with Crippen LogP contribution in [-0.4, -0.2) is 41.8 Å². The summed E-state index contributed by atoms with van der Waals surface area (Å²) in [6.45, 7) is -0.640. The molecule has 0 aliphatic heterocycles. The zero-order valence-electron chi connectivity index (χ0n) is 12.3. The number of aliphatic hydroxyl groups excluding tert-OH is 1. The Morgan fingerprint density at radius 3 is 2.39 bits per heavy atom. The Kier molecular flexibility index (Phi) is 5.71. The molecule has 0 radical (unpaired) electrons. The van der Waals surface area contributed by atoms with E-state index in [0.29, 0.717) is 11.3 Å². The van der Waals surface area contributed by atoms with Crippen molar-refractivity contribution in [2.75, 3.05) is 19.8 Å².